The molecule has 1 N–H and O–H groups in total. The Bertz CT molecular complexity index is 687. The summed E-state index contributed by atoms with van der Waals surface area (Å²) in [6.07, 6.45) is 3.22. The quantitative estimate of drug-likeness (QED) is 0.881. The number of aliphatic hydroxyl groups is 1. The van der Waals surface area contributed by atoms with Crippen LogP contribution in [0, 0.1) is 0 Å². The van der Waals surface area contributed by atoms with Gasteiger partial charge in [-0.25, -0.2) is 9.97 Å². The second-order valence-electron chi connectivity index (χ2n) is 5.62. The summed E-state index contributed by atoms with van der Waals surface area (Å²) in [5.41, 5.74) is 1.48. The van der Waals surface area contributed by atoms with Crippen LogP contribution in [0.5, 0.6) is 0 Å². The van der Waals surface area contributed by atoms with Crippen LogP contribution in [0.25, 0.3) is 11.4 Å². The fourth-order valence-corrected chi connectivity index (χ4v) is 2.70. The zero-order valence-corrected chi connectivity index (χ0v) is 12.6. The number of β-amino-alcohol motifs (C(OH)–C–C–N with tert-alkyl or cyclic N) is 1. The third-order valence-corrected chi connectivity index (χ3v) is 3.89. The summed E-state index contributed by atoms with van der Waals surface area (Å²) in [4.78, 5) is 22.5. The Morgan fingerprint density at radius 2 is 2.23 bits per heavy atom. The van der Waals surface area contributed by atoms with E-state index in [0.29, 0.717) is 17.9 Å². The minimum atomic E-state index is -0.298. The van der Waals surface area contributed by atoms with E-state index in [2.05, 4.69) is 14.9 Å². The number of nitrogens with zero attached hydrogens (tertiary/aromatic N) is 3. The van der Waals surface area contributed by atoms with E-state index in [0.717, 1.165) is 30.8 Å². The molecule has 1 fully saturated rings. The molecular weight excluding hydrogens is 278 g/mol. The first-order valence-corrected chi connectivity index (χ1v) is 7.51. The van der Waals surface area contributed by atoms with Gasteiger partial charge in [0.15, 0.2) is 11.6 Å². The van der Waals surface area contributed by atoms with Crippen LogP contribution >= 0.6 is 0 Å². The molecule has 1 aliphatic rings. The lowest BCUT2D eigenvalue weighted by Gasteiger charge is -2.31. The monoisotopic (exact) mass is 297 g/mol. The van der Waals surface area contributed by atoms with Crippen LogP contribution < -0.4 is 4.90 Å². The molecule has 0 radical (unpaired) electrons. The van der Waals surface area contributed by atoms with E-state index in [9.17, 15) is 9.90 Å². The van der Waals surface area contributed by atoms with Crippen molar-refractivity contribution in [2.75, 3.05) is 18.0 Å². The maximum Gasteiger partial charge on any atom is 0.161 e. The Hall–Kier alpha value is -2.27. The number of carbonyl (C=O) groups is 1. The first-order valence-electron chi connectivity index (χ1n) is 7.51. The molecule has 114 valence electrons. The van der Waals surface area contributed by atoms with Crippen molar-refractivity contribution < 1.29 is 9.90 Å². The number of aromatic nitrogens is 2. The molecule has 22 heavy (non-hydrogen) atoms. The van der Waals surface area contributed by atoms with Crippen LogP contribution in [0.2, 0.25) is 0 Å². The lowest BCUT2D eigenvalue weighted by Crippen LogP contribution is -2.38. The molecular formula is C17H19N3O2. The first kappa shape index (κ1) is 14.7. The van der Waals surface area contributed by atoms with Gasteiger partial charge in [0.1, 0.15) is 5.82 Å². The Balaban J connectivity index is 1.90. The number of benzene rings is 1. The van der Waals surface area contributed by atoms with Crippen LogP contribution in [0.15, 0.2) is 36.5 Å². The Morgan fingerprint density at radius 1 is 1.36 bits per heavy atom. The SMILES string of the molecule is CC(=O)c1cccc(-c2nccc(N3CCCC(O)C3)n2)c1. The minimum absolute atomic E-state index is 0.0251. The van der Waals surface area contributed by atoms with Crippen LogP contribution in [0.4, 0.5) is 5.82 Å². The topological polar surface area (TPSA) is 66.3 Å². The molecule has 3 rings (SSSR count). The van der Waals surface area contributed by atoms with Gasteiger partial charge in [0.05, 0.1) is 6.10 Å². The van der Waals surface area contributed by atoms with E-state index in [4.69, 9.17) is 0 Å². The first-order chi connectivity index (χ1) is 10.6. The van der Waals surface area contributed by atoms with Crippen molar-refractivity contribution in [2.45, 2.75) is 25.9 Å². The maximum atomic E-state index is 11.5. The van der Waals surface area contributed by atoms with Gasteiger partial charge >= 0.3 is 0 Å². The molecule has 1 saturated heterocycles. The van der Waals surface area contributed by atoms with Crippen molar-refractivity contribution in [2.24, 2.45) is 0 Å². The molecule has 2 heterocycles. The second kappa shape index (κ2) is 6.23. The summed E-state index contributed by atoms with van der Waals surface area (Å²) in [6, 6.07) is 9.20. The molecule has 1 aromatic heterocycles. The molecule has 0 amide bonds. The summed E-state index contributed by atoms with van der Waals surface area (Å²) in [5, 5.41) is 9.80. The van der Waals surface area contributed by atoms with Crippen molar-refractivity contribution in [3.8, 4) is 11.4 Å². The fourth-order valence-electron chi connectivity index (χ4n) is 2.70. The summed E-state index contributed by atoms with van der Waals surface area (Å²) in [6.45, 7) is 3.04. The van der Waals surface area contributed by atoms with E-state index in [-0.39, 0.29) is 11.9 Å². The van der Waals surface area contributed by atoms with E-state index in [1.54, 1.807) is 19.2 Å². The molecule has 5 nitrogen and oxygen atoms in total. The van der Waals surface area contributed by atoms with Gasteiger partial charge in [-0.05, 0) is 31.9 Å². The van der Waals surface area contributed by atoms with Crippen LogP contribution in [0.1, 0.15) is 30.1 Å². The van der Waals surface area contributed by atoms with E-state index in [1.807, 2.05) is 24.3 Å². The number of carbonyl (C=O) groups excluding carboxylic acids is 1. The molecule has 0 aliphatic carbocycles. The fraction of sp³-hybridized carbons (Fsp3) is 0.353. The highest BCUT2D eigenvalue weighted by Gasteiger charge is 2.19. The van der Waals surface area contributed by atoms with Crippen molar-refractivity contribution in [1.82, 2.24) is 9.97 Å². The predicted octanol–water partition coefficient (Wildman–Crippen LogP) is 2.31. The molecule has 5 heteroatoms. The summed E-state index contributed by atoms with van der Waals surface area (Å²) in [5.74, 6) is 1.44. The number of Topliss-reactive ketones (excluding diaryl/α,β-unsaturated/α-hetero) is 1. The van der Waals surface area contributed by atoms with Gasteiger partial charge in [-0.3, -0.25) is 4.79 Å². The minimum Gasteiger partial charge on any atom is -0.391 e. The molecule has 1 unspecified atom stereocenters. The zero-order valence-electron chi connectivity index (χ0n) is 12.6. The molecule has 1 atom stereocenters. The zero-order chi connectivity index (χ0) is 15.5. The lowest BCUT2D eigenvalue weighted by molar-refractivity contribution is 0.101. The average Bonchev–Trinajstić information content (AvgIpc) is 2.55. The normalized spacial score (nSPS) is 18.3. The predicted molar refractivity (Wildman–Crippen MR) is 84.9 cm³/mol. The van der Waals surface area contributed by atoms with Crippen molar-refractivity contribution >= 4 is 11.6 Å². The molecule has 2 aromatic rings. The van der Waals surface area contributed by atoms with Gasteiger partial charge < -0.3 is 10.0 Å². The molecule has 0 bridgehead atoms. The third kappa shape index (κ3) is 3.14. The number of ketones is 1. The Labute approximate surface area is 129 Å². The van der Waals surface area contributed by atoms with E-state index in [1.165, 1.54) is 0 Å². The van der Waals surface area contributed by atoms with E-state index >= 15 is 0 Å². The largest absolute Gasteiger partial charge is 0.391 e. The van der Waals surface area contributed by atoms with Gasteiger partial charge in [-0.15, -0.1) is 0 Å². The second-order valence-corrected chi connectivity index (χ2v) is 5.62. The molecule has 1 aliphatic heterocycles. The summed E-state index contributed by atoms with van der Waals surface area (Å²) < 4.78 is 0. The molecule has 1 aromatic carbocycles. The summed E-state index contributed by atoms with van der Waals surface area (Å²) >= 11 is 0. The number of anilines is 1. The van der Waals surface area contributed by atoms with Crippen LogP contribution in [-0.2, 0) is 0 Å². The van der Waals surface area contributed by atoms with Crippen LogP contribution in [-0.4, -0.2) is 40.1 Å². The smallest absolute Gasteiger partial charge is 0.161 e. The van der Waals surface area contributed by atoms with Crippen molar-refractivity contribution in [3.05, 3.63) is 42.1 Å². The van der Waals surface area contributed by atoms with Crippen molar-refractivity contribution in [1.29, 1.82) is 0 Å². The van der Waals surface area contributed by atoms with Gasteiger partial charge in [0.2, 0.25) is 0 Å². The number of hydrogen-bond acceptors (Lipinski definition) is 5. The molecule has 0 saturated carbocycles. The van der Waals surface area contributed by atoms with Crippen LogP contribution in [0.3, 0.4) is 0 Å². The molecule has 0 spiro atoms. The number of rotatable bonds is 3. The van der Waals surface area contributed by atoms with Crippen molar-refractivity contribution in [3.63, 3.8) is 0 Å². The average molecular weight is 297 g/mol. The Kier molecular flexibility index (Phi) is 4.15. The lowest BCUT2D eigenvalue weighted by atomic mass is 10.1. The van der Waals surface area contributed by atoms with Gasteiger partial charge in [0.25, 0.3) is 0 Å². The third-order valence-electron chi connectivity index (χ3n) is 3.89. The number of hydrogen-bond donors (Lipinski definition) is 1. The maximum absolute atomic E-state index is 11.5. The Morgan fingerprint density at radius 3 is 3.00 bits per heavy atom. The van der Waals surface area contributed by atoms with Gasteiger partial charge in [-0.1, -0.05) is 18.2 Å². The highest BCUT2D eigenvalue weighted by Crippen LogP contribution is 2.22. The van der Waals surface area contributed by atoms with E-state index < -0.39 is 0 Å². The number of piperidine rings is 1. The van der Waals surface area contributed by atoms with Gasteiger partial charge in [0, 0.05) is 30.4 Å². The highest BCUT2D eigenvalue weighted by atomic mass is 16.3. The summed E-state index contributed by atoms with van der Waals surface area (Å²) in [7, 11) is 0. The standard InChI is InChI=1S/C17H19N3O2/c1-12(21)13-4-2-5-14(10-13)17-18-8-7-16(19-17)20-9-3-6-15(22)11-20/h2,4-5,7-8,10,15,22H,3,6,9,11H2,1H3. The van der Waals surface area contributed by atoms with Gasteiger partial charge in [-0.2, -0.15) is 0 Å². The highest BCUT2D eigenvalue weighted by molar-refractivity contribution is 5.95. The number of aliphatic hydroxyl groups excluding tert-OH is 1.